The molecule has 1 spiro atoms. The largest absolute Gasteiger partial charge is 0.381 e. The number of para-hydroxylation sites is 1. The van der Waals surface area contributed by atoms with Crippen LogP contribution in [-0.2, 0) is 11.2 Å². The van der Waals surface area contributed by atoms with E-state index in [0.29, 0.717) is 5.41 Å². The lowest BCUT2D eigenvalue weighted by atomic mass is 9.87. The van der Waals surface area contributed by atoms with E-state index in [2.05, 4.69) is 40.4 Å². The van der Waals surface area contributed by atoms with Crippen molar-refractivity contribution < 1.29 is 4.74 Å². The second kappa shape index (κ2) is 9.73. The topological polar surface area (TPSA) is 54.7 Å². The van der Waals surface area contributed by atoms with Crippen LogP contribution in [0.25, 0.3) is 5.69 Å². The van der Waals surface area contributed by atoms with Crippen molar-refractivity contribution in [2.75, 3.05) is 39.4 Å². The number of rotatable bonds is 5. The van der Waals surface area contributed by atoms with E-state index >= 15 is 0 Å². The number of likely N-dealkylation sites (tertiary alicyclic amines) is 1. The minimum absolute atomic E-state index is 0. The van der Waals surface area contributed by atoms with Crippen LogP contribution in [0.15, 0.2) is 47.6 Å². The van der Waals surface area contributed by atoms with E-state index in [4.69, 9.17) is 9.73 Å². The summed E-state index contributed by atoms with van der Waals surface area (Å²) in [6.45, 7) is 7.70. The number of hydrogen-bond donors (Lipinski definition) is 1. The number of guanidine groups is 1. The molecule has 2 aromatic rings. The highest BCUT2D eigenvalue weighted by Crippen LogP contribution is 2.38. The monoisotopic (exact) mass is 495 g/mol. The zero-order valence-electron chi connectivity index (χ0n) is 16.5. The van der Waals surface area contributed by atoms with Gasteiger partial charge in [0.1, 0.15) is 0 Å². The number of halogens is 1. The maximum absolute atomic E-state index is 5.65. The minimum Gasteiger partial charge on any atom is -0.381 e. The summed E-state index contributed by atoms with van der Waals surface area (Å²) in [7, 11) is 0. The number of hydrogen-bond acceptors (Lipinski definition) is 3. The third kappa shape index (κ3) is 4.86. The van der Waals surface area contributed by atoms with Crippen molar-refractivity contribution in [2.45, 2.75) is 26.2 Å². The average molecular weight is 495 g/mol. The average Bonchev–Trinajstić information content (AvgIpc) is 3.44. The Balaban J connectivity index is 0.00000225. The Morgan fingerprint density at radius 3 is 2.86 bits per heavy atom. The van der Waals surface area contributed by atoms with E-state index in [1.807, 2.05) is 29.1 Å². The second-order valence-corrected chi connectivity index (χ2v) is 7.55. The van der Waals surface area contributed by atoms with Gasteiger partial charge in [-0.25, -0.2) is 4.68 Å². The summed E-state index contributed by atoms with van der Waals surface area (Å²) < 4.78 is 7.58. The first-order valence-corrected chi connectivity index (χ1v) is 9.99. The van der Waals surface area contributed by atoms with Crippen LogP contribution in [0.2, 0.25) is 0 Å². The first-order valence-electron chi connectivity index (χ1n) is 9.99. The molecule has 1 aromatic carbocycles. The Hall–Kier alpha value is -1.61. The van der Waals surface area contributed by atoms with Gasteiger partial charge in [0.05, 0.1) is 18.0 Å². The zero-order valence-corrected chi connectivity index (χ0v) is 18.8. The highest BCUT2D eigenvalue weighted by atomic mass is 127. The number of nitrogens with zero attached hydrogens (tertiary/aromatic N) is 4. The third-order valence-electron chi connectivity index (χ3n) is 5.55. The van der Waals surface area contributed by atoms with Crippen molar-refractivity contribution >= 4 is 29.9 Å². The van der Waals surface area contributed by atoms with Crippen LogP contribution >= 0.6 is 24.0 Å². The maximum atomic E-state index is 5.65. The van der Waals surface area contributed by atoms with Crippen molar-refractivity contribution in [3.8, 4) is 5.69 Å². The van der Waals surface area contributed by atoms with Gasteiger partial charge in [0, 0.05) is 50.8 Å². The predicted octanol–water partition coefficient (Wildman–Crippen LogP) is 3.11. The summed E-state index contributed by atoms with van der Waals surface area (Å²) in [6.07, 6.45) is 5.25. The Kier molecular flexibility index (Phi) is 7.34. The molecule has 0 amide bonds. The van der Waals surface area contributed by atoms with Gasteiger partial charge in [0.15, 0.2) is 5.96 Å². The fraction of sp³-hybridized carbons (Fsp3) is 0.524. The first-order chi connectivity index (χ1) is 13.3. The van der Waals surface area contributed by atoms with Crippen LogP contribution < -0.4 is 5.32 Å². The van der Waals surface area contributed by atoms with Gasteiger partial charge in [0.25, 0.3) is 0 Å². The van der Waals surface area contributed by atoms with E-state index in [-0.39, 0.29) is 24.0 Å². The second-order valence-electron chi connectivity index (χ2n) is 7.55. The van der Waals surface area contributed by atoms with Gasteiger partial charge in [-0.15, -0.1) is 24.0 Å². The van der Waals surface area contributed by atoms with Crippen LogP contribution in [0.3, 0.4) is 0 Å². The molecule has 4 rings (SSSR count). The quantitative estimate of drug-likeness (QED) is 0.394. The van der Waals surface area contributed by atoms with Gasteiger partial charge < -0.3 is 15.0 Å². The lowest BCUT2D eigenvalue weighted by Crippen LogP contribution is -2.41. The number of ether oxygens (including phenoxy) is 1. The van der Waals surface area contributed by atoms with Crippen molar-refractivity contribution in [1.29, 1.82) is 0 Å². The van der Waals surface area contributed by atoms with Crippen molar-refractivity contribution in [3.05, 3.63) is 48.3 Å². The normalized spacial score (nSPS) is 21.9. The number of nitrogens with one attached hydrogen (secondary N) is 1. The smallest absolute Gasteiger partial charge is 0.193 e. The molecule has 152 valence electrons. The summed E-state index contributed by atoms with van der Waals surface area (Å²) in [5, 5.41) is 8.13. The zero-order chi connectivity index (χ0) is 18.5. The summed E-state index contributed by atoms with van der Waals surface area (Å²) >= 11 is 0. The molecule has 2 fully saturated rings. The first kappa shape index (κ1) is 21.1. The Bertz CT molecular complexity index is 770. The lowest BCUT2D eigenvalue weighted by molar-refractivity contribution is 0.156. The minimum atomic E-state index is 0. The van der Waals surface area contributed by atoms with Crippen molar-refractivity contribution in [2.24, 2.45) is 10.4 Å². The number of benzene rings is 1. The van der Waals surface area contributed by atoms with Gasteiger partial charge >= 0.3 is 0 Å². The standard InChI is InChI=1S/C21H29N5O.HI/c1-2-22-20(25-14-10-21(16-25)11-15-27-17-21)23-12-8-18-9-13-26(24-18)19-6-4-3-5-7-19;/h3-7,9,13H,2,8,10-12,14-17H2,1H3,(H,22,23);1H. The van der Waals surface area contributed by atoms with Crippen LogP contribution in [0.1, 0.15) is 25.5 Å². The highest BCUT2D eigenvalue weighted by molar-refractivity contribution is 14.0. The Morgan fingerprint density at radius 1 is 1.25 bits per heavy atom. The fourth-order valence-corrected chi connectivity index (χ4v) is 4.01. The molecule has 28 heavy (non-hydrogen) atoms. The molecule has 3 heterocycles. The molecule has 2 saturated heterocycles. The molecule has 0 saturated carbocycles. The maximum Gasteiger partial charge on any atom is 0.193 e. The van der Waals surface area contributed by atoms with Gasteiger partial charge in [-0.1, -0.05) is 18.2 Å². The van der Waals surface area contributed by atoms with Crippen LogP contribution in [-0.4, -0.2) is 60.0 Å². The number of aromatic nitrogens is 2. The van der Waals surface area contributed by atoms with E-state index in [0.717, 1.165) is 63.2 Å². The SMILES string of the molecule is CCNC(=NCCc1ccn(-c2ccccc2)n1)N1CCC2(CCOC2)C1.I. The number of aliphatic imine (C=N–C) groups is 1. The van der Waals surface area contributed by atoms with E-state index in [1.54, 1.807) is 0 Å². The predicted molar refractivity (Wildman–Crippen MR) is 123 cm³/mol. The molecule has 0 bridgehead atoms. The van der Waals surface area contributed by atoms with Crippen LogP contribution in [0.5, 0.6) is 0 Å². The van der Waals surface area contributed by atoms with Gasteiger partial charge in [-0.05, 0) is 38.0 Å². The molecular formula is C21H30IN5O. The van der Waals surface area contributed by atoms with E-state index in [9.17, 15) is 0 Å². The molecule has 0 aliphatic carbocycles. The van der Waals surface area contributed by atoms with Gasteiger partial charge in [-0.3, -0.25) is 4.99 Å². The molecule has 0 radical (unpaired) electrons. The fourth-order valence-electron chi connectivity index (χ4n) is 4.01. The summed E-state index contributed by atoms with van der Waals surface area (Å²) in [5.41, 5.74) is 2.51. The van der Waals surface area contributed by atoms with Crippen molar-refractivity contribution in [3.63, 3.8) is 0 Å². The lowest BCUT2D eigenvalue weighted by Gasteiger charge is -2.24. The summed E-state index contributed by atoms with van der Waals surface area (Å²) in [5.74, 6) is 1.03. The molecule has 1 atom stereocenters. The van der Waals surface area contributed by atoms with E-state index < -0.39 is 0 Å². The van der Waals surface area contributed by atoms with E-state index in [1.165, 1.54) is 12.8 Å². The summed E-state index contributed by atoms with van der Waals surface area (Å²) in [4.78, 5) is 7.27. The Morgan fingerprint density at radius 2 is 2.11 bits per heavy atom. The third-order valence-corrected chi connectivity index (χ3v) is 5.55. The highest BCUT2D eigenvalue weighted by Gasteiger charge is 2.42. The molecule has 2 aliphatic heterocycles. The molecule has 6 nitrogen and oxygen atoms in total. The summed E-state index contributed by atoms with van der Waals surface area (Å²) in [6, 6.07) is 12.3. The van der Waals surface area contributed by atoms with Gasteiger partial charge in [0.2, 0.25) is 0 Å². The van der Waals surface area contributed by atoms with Crippen LogP contribution in [0.4, 0.5) is 0 Å². The molecule has 2 aliphatic rings. The van der Waals surface area contributed by atoms with Gasteiger partial charge in [-0.2, -0.15) is 5.10 Å². The Labute approximate surface area is 184 Å². The molecule has 1 unspecified atom stereocenters. The molecular weight excluding hydrogens is 465 g/mol. The molecule has 1 N–H and O–H groups in total. The molecule has 7 heteroatoms. The van der Waals surface area contributed by atoms with Crippen molar-refractivity contribution in [1.82, 2.24) is 20.0 Å². The molecule has 1 aromatic heterocycles. The van der Waals surface area contributed by atoms with Crippen LogP contribution in [0, 0.1) is 5.41 Å².